The molecule has 2 aromatic heterocycles. The molecule has 0 radical (unpaired) electrons. The Labute approximate surface area is 232 Å². The number of aromatic nitrogens is 2. The molecule has 0 aromatic carbocycles. The molecule has 39 heavy (non-hydrogen) atoms. The van der Waals surface area contributed by atoms with Crippen LogP contribution in [0.25, 0.3) is 5.52 Å². The Balaban J connectivity index is 1.31. The Morgan fingerprint density at radius 2 is 1.90 bits per heavy atom. The van der Waals surface area contributed by atoms with Crippen LogP contribution in [-0.2, 0) is 12.7 Å². The van der Waals surface area contributed by atoms with Crippen LogP contribution in [0.15, 0.2) is 23.3 Å². The fourth-order valence-electron chi connectivity index (χ4n) is 7.77. The molecule has 6 rings (SSSR count). The molecule has 3 unspecified atom stereocenters. The summed E-state index contributed by atoms with van der Waals surface area (Å²) in [6.45, 7) is 2.21. The summed E-state index contributed by atoms with van der Waals surface area (Å²) in [6.07, 6.45) is 6.54. The molecule has 2 aliphatic carbocycles. The second-order valence-corrected chi connectivity index (χ2v) is 12.6. The van der Waals surface area contributed by atoms with Gasteiger partial charge in [0.1, 0.15) is 0 Å². The van der Waals surface area contributed by atoms with Gasteiger partial charge in [0.05, 0.1) is 23.9 Å². The first-order valence-electron chi connectivity index (χ1n) is 16.2. The van der Waals surface area contributed by atoms with Crippen molar-refractivity contribution in [3.05, 3.63) is 40.1 Å². The van der Waals surface area contributed by atoms with E-state index in [-0.39, 0.29) is 36.2 Å². The summed E-state index contributed by atoms with van der Waals surface area (Å²) in [7, 11) is 0. The molecule has 4 fully saturated rings. The van der Waals surface area contributed by atoms with Crippen LogP contribution in [0.1, 0.15) is 86.0 Å². The smallest absolute Gasteiger partial charge is 0.299 e. The van der Waals surface area contributed by atoms with E-state index in [2.05, 4.69) is 22.7 Å². The number of hydrogen-bond donors (Lipinski definition) is 2. The third kappa shape index (κ3) is 5.42. The Morgan fingerprint density at radius 3 is 2.62 bits per heavy atom. The standard InChI is InChI=1S/C29H43F3N6O/c1-19-6-5-11-36(14-19)15-20-12-24(29(30,31)32)25-17-37(28(39)38(25)16-20)23-10-4-9-22(13-23)26(21-7-3-8-21)27-34-33-18-35(27)2/h12,16-17,19,21-23,26-27,33-34H,3-11,13-15,18H2,1-2H3/t19-,22?,23?,26+,27?/m0/s1/i2D3. The average Bonchev–Trinajstić information content (AvgIpc) is 3.51. The van der Waals surface area contributed by atoms with Crippen LogP contribution >= 0.6 is 0 Å². The Morgan fingerprint density at radius 1 is 1.10 bits per heavy atom. The van der Waals surface area contributed by atoms with Crippen molar-refractivity contribution >= 4 is 5.52 Å². The van der Waals surface area contributed by atoms with E-state index in [1.165, 1.54) is 26.1 Å². The fraction of sp³-hybridized carbons (Fsp3) is 0.759. The van der Waals surface area contributed by atoms with Gasteiger partial charge < -0.3 is 0 Å². The maximum atomic E-state index is 14.3. The molecular weight excluding hydrogens is 505 g/mol. The van der Waals surface area contributed by atoms with Gasteiger partial charge in [0.15, 0.2) is 0 Å². The van der Waals surface area contributed by atoms with Crippen molar-refractivity contribution in [1.29, 1.82) is 0 Å². The average molecular weight is 552 g/mol. The van der Waals surface area contributed by atoms with Gasteiger partial charge in [-0.2, -0.15) is 13.2 Å². The van der Waals surface area contributed by atoms with E-state index in [1.54, 1.807) is 6.20 Å². The number of rotatable bonds is 6. The van der Waals surface area contributed by atoms with Gasteiger partial charge in [-0.25, -0.2) is 15.6 Å². The predicted molar refractivity (Wildman–Crippen MR) is 145 cm³/mol. The second kappa shape index (κ2) is 10.8. The Bertz CT molecular complexity index is 1320. The van der Waals surface area contributed by atoms with Gasteiger partial charge in [-0.05, 0) is 80.9 Å². The number of nitrogens with zero attached hydrogens (tertiary/aromatic N) is 4. The minimum absolute atomic E-state index is 0.0778. The summed E-state index contributed by atoms with van der Waals surface area (Å²) in [4.78, 5) is 17.5. The van der Waals surface area contributed by atoms with Crippen LogP contribution in [0.3, 0.4) is 0 Å². The number of alkyl halides is 3. The van der Waals surface area contributed by atoms with E-state index in [0.717, 1.165) is 58.0 Å². The van der Waals surface area contributed by atoms with Gasteiger partial charge in [-0.15, -0.1) is 0 Å². The topological polar surface area (TPSA) is 56.9 Å². The number of likely N-dealkylation sites (tertiary alicyclic amines) is 1. The largest absolute Gasteiger partial charge is 0.418 e. The summed E-state index contributed by atoms with van der Waals surface area (Å²) in [5.74, 6) is 1.12. The van der Waals surface area contributed by atoms with Gasteiger partial charge >= 0.3 is 11.9 Å². The molecule has 216 valence electrons. The quantitative estimate of drug-likeness (QED) is 0.539. The molecule has 10 heteroatoms. The van der Waals surface area contributed by atoms with E-state index in [1.807, 2.05) is 0 Å². The number of imidazole rings is 1. The first kappa shape index (κ1) is 23.8. The maximum absolute atomic E-state index is 14.3. The van der Waals surface area contributed by atoms with Crippen LogP contribution in [0.4, 0.5) is 13.2 Å². The fourth-order valence-corrected chi connectivity index (χ4v) is 7.77. The zero-order valence-electron chi connectivity index (χ0n) is 25.7. The van der Waals surface area contributed by atoms with Crippen LogP contribution in [0.2, 0.25) is 0 Å². The Kier molecular flexibility index (Phi) is 6.61. The minimum Gasteiger partial charge on any atom is -0.299 e. The monoisotopic (exact) mass is 551 g/mol. The van der Waals surface area contributed by atoms with Crippen molar-refractivity contribution in [2.24, 2.45) is 23.7 Å². The number of fused-ring (bicyclic) bond motifs is 1. The molecule has 4 aliphatic rings. The van der Waals surface area contributed by atoms with Crippen molar-refractivity contribution in [3.63, 3.8) is 0 Å². The first-order chi connectivity index (χ1) is 19.9. The number of nitrogens with one attached hydrogen (secondary N) is 2. The van der Waals surface area contributed by atoms with Gasteiger partial charge in [0, 0.05) is 35.6 Å². The molecule has 2 aromatic rings. The van der Waals surface area contributed by atoms with E-state index < -0.39 is 24.4 Å². The number of hydrogen-bond acceptors (Lipinski definition) is 5. The highest BCUT2D eigenvalue weighted by molar-refractivity contribution is 5.56. The Hall–Kier alpha value is -1.88. The molecule has 0 amide bonds. The third-order valence-corrected chi connectivity index (χ3v) is 9.82. The van der Waals surface area contributed by atoms with Crippen molar-refractivity contribution < 1.29 is 17.3 Å². The highest BCUT2D eigenvalue weighted by atomic mass is 19.4. The molecule has 4 heterocycles. The lowest BCUT2D eigenvalue weighted by molar-refractivity contribution is -0.136. The van der Waals surface area contributed by atoms with E-state index in [4.69, 9.17) is 4.11 Å². The lowest BCUT2D eigenvalue weighted by Gasteiger charge is -2.46. The van der Waals surface area contributed by atoms with Crippen molar-refractivity contribution in [2.45, 2.75) is 89.6 Å². The highest BCUT2D eigenvalue weighted by Crippen LogP contribution is 2.47. The molecule has 7 nitrogen and oxygen atoms in total. The van der Waals surface area contributed by atoms with Crippen LogP contribution < -0.4 is 16.5 Å². The van der Waals surface area contributed by atoms with E-state index in [0.29, 0.717) is 36.8 Å². The van der Waals surface area contributed by atoms with Crippen LogP contribution in [-0.4, -0.2) is 51.7 Å². The van der Waals surface area contributed by atoms with E-state index in [9.17, 15) is 18.0 Å². The number of halogens is 3. The van der Waals surface area contributed by atoms with E-state index >= 15 is 0 Å². The zero-order chi connectivity index (χ0) is 29.8. The van der Waals surface area contributed by atoms with Gasteiger partial charge in [-0.3, -0.25) is 18.8 Å². The summed E-state index contributed by atoms with van der Waals surface area (Å²) in [5, 5.41) is 0. The molecule has 0 spiro atoms. The maximum Gasteiger partial charge on any atom is 0.418 e. The summed E-state index contributed by atoms with van der Waals surface area (Å²) >= 11 is 0. The zero-order valence-corrected chi connectivity index (χ0v) is 22.7. The van der Waals surface area contributed by atoms with Crippen LogP contribution in [0.5, 0.6) is 0 Å². The van der Waals surface area contributed by atoms with Crippen molar-refractivity contribution in [3.8, 4) is 0 Å². The van der Waals surface area contributed by atoms with Gasteiger partial charge in [0.25, 0.3) is 0 Å². The van der Waals surface area contributed by atoms with Gasteiger partial charge in [-0.1, -0.05) is 32.6 Å². The number of hydrazine groups is 1. The lowest BCUT2D eigenvalue weighted by Crippen LogP contribution is -2.50. The molecular formula is C29H43F3N6O. The third-order valence-electron chi connectivity index (χ3n) is 9.82. The number of pyridine rings is 1. The second-order valence-electron chi connectivity index (χ2n) is 12.6. The normalized spacial score (nSPS) is 32.1. The SMILES string of the molecule is [2H]C([2H])([2H])N1CNNC1[C@H](C1CCC1)C1CCCC(n2cc3c(C(F)(F)F)cc(CN4CCC[C@H](C)C4)cn3c2=O)C1. The van der Waals surface area contributed by atoms with Gasteiger partial charge in [0.2, 0.25) is 0 Å². The lowest BCUT2D eigenvalue weighted by atomic mass is 9.65. The van der Waals surface area contributed by atoms with Crippen molar-refractivity contribution in [1.82, 2.24) is 29.6 Å². The van der Waals surface area contributed by atoms with Crippen molar-refractivity contribution in [2.75, 3.05) is 26.7 Å². The highest BCUT2D eigenvalue weighted by Gasteiger charge is 2.44. The molecule has 0 bridgehead atoms. The molecule has 2 N–H and O–H groups in total. The summed E-state index contributed by atoms with van der Waals surface area (Å²) in [5.41, 5.74) is 5.45. The summed E-state index contributed by atoms with van der Waals surface area (Å²) in [6, 6.07) is 0.985. The molecule has 2 saturated carbocycles. The minimum atomic E-state index is -4.58. The number of piperidine rings is 1. The molecule has 2 saturated heterocycles. The molecule has 5 atom stereocenters. The summed E-state index contributed by atoms with van der Waals surface area (Å²) < 4.78 is 69.9. The first-order valence-corrected chi connectivity index (χ1v) is 14.7. The predicted octanol–water partition coefficient (Wildman–Crippen LogP) is 4.82. The van der Waals surface area contributed by atoms with Crippen LogP contribution in [0, 0.1) is 23.7 Å². The molecule has 2 aliphatic heterocycles.